The predicted octanol–water partition coefficient (Wildman–Crippen LogP) is 1.57. The minimum atomic E-state index is -0.782. The van der Waals surface area contributed by atoms with Gasteiger partial charge in [0.15, 0.2) is 6.61 Å². The van der Waals surface area contributed by atoms with Crippen molar-refractivity contribution in [1.82, 2.24) is 14.9 Å². The second kappa shape index (κ2) is 8.13. The smallest absolute Gasteiger partial charge is 0.326 e. The number of nitrogens with zero attached hydrogens (tertiary/aromatic N) is 2. The molecule has 2 aromatic heterocycles. The maximum atomic E-state index is 12.5. The lowest BCUT2D eigenvalue weighted by Crippen LogP contribution is -2.35. The first-order valence-corrected chi connectivity index (χ1v) is 9.18. The fourth-order valence-electron chi connectivity index (χ4n) is 2.54. The molecule has 0 radical (unpaired) electrons. The van der Waals surface area contributed by atoms with E-state index in [9.17, 15) is 19.2 Å². The van der Waals surface area contributed by atoms with E-state index in [-0.39, 0.29) is 12.1 Å². The first kappa shape index (κ1) is 19.4. The number of aryl methyl sites for hydroxylation is 2. The number of rotatable bonds is 5. The minimum absolute atomic E-state index is 0.314. The number of carbonyl (C=O) groups excluding carboxylic acids is 3. The maximum absolute atomic E-state index is 12.5. The van der Waals surface area contributed by atoms with E-state index in [2.05, 4.69) is 10.3 Å². The highest BCUT2D eigenvalue weighted by molar-refractivity contribution is 7.18. The summed E-state index contributed by atoms with van der Waals surface area (Å²) in [5.74, 6) is -2.13. The number of esters is 1. The zero-order valence-corrected chi connectivity index (χ0v) is 16.0. The van der Waals surface area contributed by atoms with E-state index in [1.807, 2.05) is 13.8 Å². The highest BCUT2D eigenvalue weighted by Gasteiger charge is 2.16. The lowest BCUT2D eigenvalue weighted by atomic mass is 10.2. The second-order valence-electron chi connectivity index (χ2n) is 6.05. The molecule has 1 aromatic carbocycles. The molecule has 0 aliphatic heterocycles. The standard InChI is InChI=1S/C19H17N3O5S/c1-11-12(2)28-18-16(11)19(26)22(10-20-18)8-15(24)27-9-14(23)21-17(25)13-6-4-3-5-7-13/h3-7,10H,8-9H2,1-2H3,(H,21,23,25). The molecule has 0 atom stereocenters. The van der Waals surface area contributed by atoms with Crippen LogP contribution in [0, 0.1) is 13.8 Å². The van der Waals surface area contributed by atoms with Gasteiger partial charge in [0.25, 0.3) is 17.4 Å². The Balaban J connectivity index is 1.59. The van der Waals surface area contributed by atoms with Crippen LogP contribution in [0.4, 0.5) is 0 Å². The van der Waals surface area contributed by atoms with E-state index in [0.717, 1.165) is 15.0 Å². The van der Waals surface area contributed by atoms with Crippen LogP contribution in [-0.4, -0.2) is 33.9 Å². The van der Waals surface area contributed by atoms with Crippen molar-refractivity contribution in [2.24, 2.45) is 0 Å². The van der Waals surface area contributed by atoms with Crippen LogP contribution in [0.25, 0.3) is 10.2 Å². The third-order valence-corrected chi connectivity index (χ3v) is 5.22. The highest BCUT2D eigenvalue weighted by atomic mass is 32.1. The van der Waals surface area contributed by atoms with Crippen molar-refractivity contribution in [1.29, 1.82) is 0 Å². The predicted molar refractivity (Wildman–Crippen MR) is 103 cm³/mol. The van der Waals surface area contributed by atoms with Crippen LogP contribution in [0.1, 0.15) is 20.8 Å². The number of hydrogen-bond acceptors (Lipinski definition) is 7. The van der Waals surface area contributed by atoms with Crippen LogP contribution in [0.15, 0.2) is 41.5 Å². The maximum Gasteiger partial charge on any atom is 0.326 e. The van der Waals surface area contributed by atoms with Crippen molar-refractivity contribution in [3.63, 3.8) is 0 Å². The summed E-state index contributed by atoms with van der Waals surface area (Å²) in [6.45, 7) is 2.72. The van der Waals surface area contributed by atoms with Gasteiger partial charge in [0, 0.05) is 10.4 Å². The largest absolute Gasteiger partial charge is 0.454 e. The summed E-state index contributed by atoms with van der Waals surface area (Å²) >= 11 is 1.41. The molecule has 0 fully saturated rings. The Morgan fingerprint density at radius 2 is 1.89 bits per heavy atom. The number of carbonyl (C=O) groups is 3. The van der Waals surface area contributed by atoms with Crippen LogP contribution in [0.3, 0.4) is 0 Å². The third-order valence-electron chi connectivity index (χ3n) is 4.11. The molecule has 2 heterocycles. The molecule has 0 spiro atoms. The van der Waals surface area contributed by atoms with E-state index in [1.54, 1.807) is 30.3 Å². The van der Waals surface area contributed by atoms with Gasteiger partial charge in [0.2, 0.25) is 0 Å². The summed E-state index contributed by atoms with van der Waals surface area (Å²) in [5, 5.41) is 2.60. The second-order valence-corrected chi connectivity index (χ2v) is 7.25. The summed E-state index contributed by atoms with van der Waals surface area (Å²) < 4.78 is 5.99. The molecule has 3 rings (SSSR count). The Hall–Kier alpha value is -3.33. The molecule has 0 saturated carbocycles. The Morgan fingerprint density at radius 1 is 1.18 bits per heavy atom. The topological polar surface area (TPSA) is 107 Å². The number of imide groups is 1. The first-order chi connectivity index (χ1) is 13.4. The number of benzene rings is 1. The fraction of sp³-hybridized carbons (Fsp3) is 0.211. The Bertz CT molecular complexity index is 1120. The monoisotopic (exact) mass is 399 g/mol. The van der Waals surface area contributed by atoms with Gasteiger partial charge >= 0.3 is 5.97 Å². The molecule has 0 unspecified atom stereocenters. The molecule has 8 nitrogen and oxygen atoms in total. The van der Waals surface area contributed by atoms with Gasteiger partial charge in [-0.05, 0) is 31.5 Å². The van der Waals surface area contributed by atoms with Crippen molar-refractivity contribution in [3.05, 3.63) is 63.0 Å². The summed E-state index contributed by atoms with van der Waals surface area (Å²) in [6, 6.07) is 8.18. The Kier molecular flexibility index (Phi) is 5.65. The SMILES string of the molecule is Cc1sc2ncn(CC(=O)OCC(=O)NC(=O)c3ccccc3)c(=O)c2c1C. The molecule has 0 saturated heterocycles. The zero-order valence-electron chi connectivity index (χ0n) is 15.2. The lowest BCUT2D eigenvalue weighted by molar-refractivity contribution is -0.148. The average molecular weight is 399 g/mol. The normalized spacial score (nSPS) is 10.6. The number of nitrogens with one attached hydrogen (secondary N) is 1. The molecule has 0 aliphatic rings. The molecule has 2 amide bonds. The molecule has 144 valence electrons. The highest BCUT2D eigenvalue weighted by Crippen LogP contribution is 2.25. The van der Waals surface area contributed by atoms with Gasteiger partial charge < -0.3 is 4.74 Å². The molecule has 28 heavy (non-hydrogen) atoms. The number of hydrogen-bond donors (Lipinski definition) is 1. The van der Waals surface area contributed by atoms with Crippen LogP contribution in [0.5, 0.6) is 0 Å². The molecule has 1 N–H and O–H groups in total. The van der Waals surface area contributed by atoms with Crippen molar-refractivity contribution in [2.75, 3.05) is 6.61 Å². The van der Waals surface area contributed by atoms with Crippen molar-refractivity contribution >= 4 is 39.3 Å². The van der Waals surface area contributed by atoms with Crippen molar-refractivity contribution in [2.45, 2.75) is 20.4 Å². The van der Waals surface area contributed by atoms with Gasteiger partial charge in [-0.1, -0.05) is 18.2 Å². The summed E-state index contributed by atoms with van der Waals surface area (Å²) in [7, 11) is 0. The van der Waals surface area contributed by atoms with Gasteiger partial charge in [0.05, 0.1) is 11.7 Å². The average Bonchev–Trinajstić information content (AvgIpc) is 2.97. The molecular weight excluding hydrogens is 382 g/mol. The molecule has 3 aromatic rings. The number of thiophene rings is 1. The number of ether oxygens (including phenoxy) is 1. The van der Waals surface area contributed by atoms with Crippen LogP contribution >= 0.6 is 11.3 Å². The first-order valence-electron chi connectivity index (χ1n) is 8.37. The molecule has 0 aliphatic carbocycles. The fourth-order valence-corrected chi connectivity index (χ4v) is 3.53. The quantitative estimate of drug-likeness (QED) is 0.653. The van der Waals surface area contributed by atoms with Gasteiger partial charge in [-0.3, -0.25) is 29.1 Å². The van der Waals surface area contributed by atoms with E-state index >= 15 is 0 Å². The van der Waals surface area contributed by atoms with Crippen LogP contribution in [0.2, 0.25) is 0 Å². The molecule has 0 bridgehead atoms. The molecular formula is C19H17N3O5S. The summed E-state index contributed by atoms with van der Waals surface area (Å²) in [5.41, 5.74) is 0.807. The van der Waals surface area contributed by atoms with Crippen LogP contribution in [-0.2, 0) is 20.9 Å². The lowest BCUT2D eigenvalue weighted by Gasteiger charge is -2.07. The number of aromatic nitrogens is 2. The van der Waals surface area contributed by atoms with Crippen molar-refractivity contribution in [3.8, 4) is 0 Å². The number of amides is 2. The summed E-state index contributed by atoms with van der Waals surface area (Å²) in [6.07, 6.45) is 1.28. The minimum Gasteiger partial charge on any atom is -0.454 e. The van der Waals surface area contributed by atoms with Crippen molar-refractivity contribution < 1.29 is 19.1 Å². The van der Waals surface area contributed by atoms with Gasteiger partial charge in [-0.15, -0.1) is 11.3 Å². The molecule has 9 heteroatoms. The summed E-state index contributed by atoms with van der Waals surface area (Å²) in [4.78, 5) is 54.0. The van der Waals surface area contributed by atoms with Gasteiger partial charge in [-0.2, -0.15) is 0 Å². The zero-order chi connectivity index (χ0) is 20.3. The Morgan fingerprint density at radius 3 is 2.61 bits per heavy atom. The Labute approximate surface area is 163 Å². The van der Waals surface area contributed by atoms with Gasteiger partial charge in [-0.25, -0.2) is 4.98 Å². The van der Waals surface area contributed by atoms with E-state index < -0.39 is 24.4 Å². The van der Waals surface area contributed by atoms with Crippen LogP contribution < -0.4 is 10.9 Å². The van der Waals surface area contributed by atoms with E-state index in [4.69, 9.17) is 4.74 Å². The number of fused-ring (bicyclic) bond motifs is 1. The van der Waals surface area contributed by atoms with Gasteiger partial charge in [0.1, 0.15) is 11.4 Å². The third kappa shape index (κ3) is 4.15. The van der Waals surface area contributed by atoms with E-state index in [0.29, 0.717) is 15.8 Å². The van der Waals surface area contributed by atoms with E-state index in [1.165, 1.54) is 17.7 Å².